The molecule has 4 nitrogen and oxygen atoms in total. The van der Waals surface area contributed by atoms with Crippen LogP contribution in [0, 0.1) is 0 Å². The van der Waals surface area contributed by atoms with Crippen LogP contribution in [0.1, 0.15) is 12.5 Å². The van der Waals surface area contributed by atoms with Gasteiger partial charge in [0.15, 0.2) is 5.78 Å². The van der Waals surface area contributed by atoms with Crippen molar-refractivity contribution < 1.29 is 19.4 Å². The number of ketones is 1. The van der Waals surface area contributed by atoms with Gasteiger partial charge in [-0.1, -0.05) is 28.1 Å². The Morgan fingerprint density at radius 2 is 1.76 bits per heavy atom. The fraction of sp³-hybridized carbons (Fsp3) is 0.167. The second-order valence-corrected chi connectivity index (χ2v) is 4.19. The van der Waals surface area contributed by atoms with Crippen molar-refractivity contribution in [2.75, 3.05) is 7.11 Å². The first-order chi connectivity index (χ1) is 7.97. The van der Waals surface area contributed by atoms with Gasteiger partial charge in [0.25, 0.3) is 0 Å². The van der Waals surface area contributed by atoms with Crippen molar-refractivity contribution in [3.8, 4) is 0 Å². The highest BCUT2D eigenvalue weighted by Gasteiger charge is 2.21. The van der Waals surface area contributed by atoms with E-state index in [9.17, 15) is 14.7 Å². The number of ether oxygens (including phenoxy) is 1. The molecule has 0 aliphatic carbocycles. The average molecular weight is 299 g/mol. The third-order valence-electron chi connectivity index (χ3n) is 2.10. The Morgan fingerprint density at radius 1 is 1.24 bits per heavy atom. The molecule has 0 aliphatic rings. The lowest BCUT2D eigenvalue weighted by molar-refractivity contribution is -0.137. The molecule has 0 heterocycles. The molecule has 0 aromatic heterocycles. The van der Waals surface area contributed by atoms with Crippen LogP contribution in [0.4, 0.5) is 0 Å². The predicted octanol–water partition coefficient (Wildman–Crippen LogP) is 2.48. The highest BCUT2D eigenvalue weighted by molar-refractivity contribution is 9.10. The van der Waals surface area contributed by atoms with Crippen LogP contribution in [-0.2, 0) is 14.3 Å². The number of aliphatic hydroxyl groups is 1. The van der Waals surface area contributed by atoms with Gasteiger partial charge in [-0.3, -0.25) is 4.79 Å². The number of hydrogen-bond acceptors (Lipinski definition) is 4. The van der Waals surface area contributed by atoms with Crippen LogP contribution in [0.25, 0.3) is 5.76 Å². The summed E-state index contributed by atoms with van der Waals surface area (Å²) in [6, 6.07) is 6.57. The maximum absolute atomic E-state index is 11.4. The van der Waals surface area contributed by atoms with Crippen molar-refractivity contribution in [2.45, 2.75) is 6.92 Å². The van der Waals surface area contributed by atoms with Crippen molar-refractivity contribution >= 4 is 33.4 Å². The summed E-state index contributed by atoms with van der Waals surface area (Å²) < 4.78 is 5.28. The molecule has 5 heteroatoms. The number of hydrogen-bond donors (Lipinski definition) is 1. The summed E-state index contributed by atoms with van der Waals surface area (Å²) in [6.07, 6.45) is 0. The topological polar surface area (TPSA) is 63.6 Å². The van der Waals surface area contributed by atoms with Gasteiger partial charge in [-0.2, -0.15) is 0 Å². The molecule has 0 saturated heterocycles. The smallest absolute Gasteiger partial charge is 0.345 e. The van der Waals surface area contributed by atoms with Crippen molar-refractivity contribution in [1.29, 1.82) is 0 Å². The minimum absolute atomic E-state index is 0.352. The average Bonchev–Trinajstić information content (AvgIpc) is 2.29. The first-order valence-electron chi connectivity index (χ1n) is 4.75. The summed E-state index contributed by atoms with van der Waals surface area (Å²) in [5, 5.41) is 9.89. The molecule has 1 aromatic carbocycles. The SMILES string of the molecule is COC(=O)/C(C(C)=O)=C(\O)c1ccc(Br)cc1. The van der Waals surface area contributed by atoms with Gasteiger partial charge in [0.05, 0.1) is 7.11 Å². The number of carbonyl (C=O) groups is 2. The van der Waals surface area contributed by atoms with Crippen LogP contribution >= 0.6 is 15.9 Å². The third-order valence-corrected chi connectivity index (χ3v) is 2.62. The van der Waals surface area contributed by atoms with Gasteiger partial charge >= 0.3 is 5.97 Å². The van der Waals surface area contributed by atoms with E-state index >= 15 is 0 Å². The van der Waals surface area contributed by atoms with E-state index in [1.807, 2.05) is 0 Å². The standard InChI is InChI=1S/C12H11BrO4/c1-7(14)10(12(16)17-2)11(15)8-3-5-9(13)6-4-8/h3-6,15H,1-2H3/b11-10-. The maximum atomic E-state index is 11.4. The summed E-state index contributed by atoms with van der Waals surface area (Å²) in [6.45, 7) is 1.20. The van der Waals surface area contributed by atoms with E-state index in [4.69, 9.17) is 0 Å². The fourth-order valence-electron chi connectivity index (χ4n) is 1.26. The fourth-order valence-corrected chi connectivity index (χ4v) is 1.53. The lowest BCUT2D eigenvalue weighted by atomic mass is 10.1. The first kappa shape index (κ1) is 13.4. The van der Waals surface area contributed by atoms with E-state index in [-0.39, 0.29) is 11.3 Å². The molecule has 1 aromatic rings. The summed E-state index contributed by atoms with van der Waals surface area (Å²) in [5.41, 5.74) is 0.0265. The Kier molecular flexibility index (Phi) is 4.45. The molecule has 0 bridgehead atoms. The summed E-state index contributed by atoms with van der Waals surface area (Å²) in [5.74, 6) is -1.77. The monoisotopic (exact) mass is 298 g/mol. The van der Waals surface area contributed by atoms with Gasteiger partial charge in [-0.05, 0) is 19.1 Å². The number of Topliss-reactive ketones (excluding diaryl/α,β-unsaturated/α-hetero) is 1. The second-order valence-electron chi connectivity index (χ2n) is 3.28. The zero-order chi connectivity index (χ0) is 13.0. The Balaban J connectivity index is 3.29. The lowest BCUT2D eigenvalue weighted by Gasteiger charge is -2.06. The highest BCUT2D eigenvalue weighted by Crippen LogP contribution is 2.20. The molecular formula is C12H11BrO4. The number of esters is 1. The molecule has 17 heavy (non-hydrogen) atoms. The molecule has 0 aliphatic heterocycles. The summed E-state index contributed by atoms with van der Waals surface area (Å²) in [7, 11) is 1.15. The van der Waals surface area contributed by atoms with E-state index in [0.29, 0.717) is 5.56 Å². The van der Waals surface area contributed by atoms with Crippen LogP contribution in [0.5, 0.6) is 0 Å². The highest BCUT2D eigenvalue weighted by atomic mass is 79.9. The largest absolute Gasteiger partial charge is 0.506 e. The van der Waals surface area contributed by atoms with Crippen molar-refractivity contribution in [2.24, 2.45) is 0 Å². The van der Waals surface area contributed by atoms with Crippen LogP contribution in [0.15, 0.2) is 34.3 Å². The maximum Gasteiger partial charge on any atom is 0.345 e. The minimum Gasteiger partial charge on any atom is -0.506 e. The molecule has 0 unspecified atom stereocenters. The van der Waals surface area contributed by atoms with Crippen molar-refractivity contribution in [1.82, 2.24) is 0 Å². The van der Waals surface area contributed by atoms with E-state index in [2.05, 4.69) is 20.7 Å². The van der Waals surface area contributed by atoms with E-state index in [1.54, 1.807) is 24.3 Å². The minimum atomic E-state index is -0.849. The van der Waals surface area contributed by atoms with Gasteiger partial charge in [0, 0.05) is 10.0 Å². The summed E-state index contributed by atoms with van der Waals surface area (Å²) in [4.78, 5) is 22.7. The van der Waals surface area contributed by atoms with E-state index in [0.717, 1.165) is 11.6 Å². The number of halogens is 1. The Morgan fingerprint density at radius 3 is 2.18 bits per heavy atom. The molecule has 1 rings (SSSR count). The third kappa shape index (κ3) is 3.17. The Labute approximate surface area is 107 Å². The van der Waals surface area contributed by atoms with Crippen LogP contribution in [0.3, 0.4) is 0 Å². The molecule has 0 spiro atoms. The van der Waals surface area contributed by atoms with Gasteiger partial charge < -0.3 is 9.84 Å². The predicted molar refractivity (Wildman–Crippen MR) is 66.4 cm³/mol. The molecular weight excluding hydrogens is 288 g/mol. The molecule has 0 fully saturated rings. The zero-order valence-electron chi connectivity index (χ0n) is 9.36. The molecule has 0 radical (unpaired) electrons. The normalized spacial score (nSPS) is 11.7. The van der Waals surface area contributed by atoms with Crippen LogP contribution in [0.2, 0.25) is 0 Å². The van der Waals surface area contributed by atoms with E-state index < -0.39 is 11.8 Å². The number of rotatable bonds is 3. The number of carbonyl (C=O) groups excluding carboxylic acids is 2. The van der Waals surface area contributed by atoms with E-state index in [1.165, 1.54) is 6.92 Å². The second kappa shape index (κ2) is 5.63. The first-order valence-corrected chi connectivity index (χ1v) is 5.55. The van der Waals surface area contributed by atoms with Crippen molar-refractivity contribution in [3.63, 3.8) is 0 Å². The Hall–Kier alpha value is -1.62. The molecule has 90 valence electrons. The van der Waals surface area contributed by atoms with Crippen LogP contribution < -0.4 is 0 Å². The zero-order valence-corrected chi connectivity index (χ0v) is 10.9. The molecule has 1 N–H and O–H groups in total. The van der Waals surface area contributed by atoms with Gasteiger partial charge in [-0.25, -0.2) is 4.79 Å². The molecule has 0 saturated carbocycles. The Bertz CT molecular complexity index is 474. The van der Waals surface area contributed by atoms with Crippen molar-refractivity contribution in [3.05, 3.63) is 39.9 Å². The van der Waals surface area contributed by atoms with Crippen LogP contribution in [-0.4, -0.2) is 24.0 Å². The molecule has 0 amide bonds. The quantitative estimate of drug-likeness (QED) is 0.306. The lowest BCUT2D eigenvalue weighted by Crippen LogP contribution is -2.14. The number of benzene rings is 1. The summed E-state index contributed by atoms with van der Waals surface area (Å²) >= 11 is 3.25. The number of methoxy groups -OCH3 is 1. The van der Waals surface area contributed by atoms with Gasteiger partial charge in [0.2, 0.25) is 0 Å². The van der Waals surface area contributed by atoms with Gasteiger partial charge in [-0.15, -0.1) is 0 Å². The number of aliphatic hydroxyl groups excluding tert-OH is 1. The molecule has 0 atom stereocenters. The van der Waals surface area contributed by atoms with Gasteiger partial charge in [0.1, 0.15) is 11.3 Å².